The third-order valence-electron chi connectivity index (χ3n) is 4.06. The summed E-state index contributed by atoms with van der Waals surface area (Å²) in [7, 11) is 1.35. The molecule has 1 N–H and O–H groups in total. The monoisotopic (exact) mass is 379 g/mol. The third-order valence-corrected chi connectivity index (χ3v) is 5.69. The molecule has 0 fully saturated rings. The van der Waals surface area contributed by atoms with Crippen LogP contribution in [0.15, 0.2) is 18.2 Å². The minimum atomic E-state index is -0.413. The summed E-state index contributed by atoms with van der Waals surface area (Å²) >= 11 is 7.41. The lowest BCUT2D eigenvalue weighted by Crippen LogP contribution is -2.21. The normalized spacial score (nSPS) is 12.6. The minimum Gasteiger partial charge on any atom is -0.484 e. The third kappa shape index (κ3) is 3.80. The van der Waals surface area contributed by atoms with Gasteiger partial charge in [0.2, 0.25) is 0 Å². The molecule has 1 aromatic heterocycles. The van der Waals surface area contributed by atoms with Crippen LogP contribution in [0.25, 0.3) is 0 Å². The summed E-state index contributed by atoms with van der Waals surface area (Å²) in [5, 5.41) is 3.96. The van der Waals surface area contributed by atoms with Crippen LogP contribution >= 0.6 is 22.9 Å². The second kappa shape index (κ2) is 7.45. The minimum absolute atomic E-state index is 0.149. The Balaban J connectivity index is 1.69. The molecule has 1 amide bonds. The highest BCUT2D eigenvalue weighted by atomic mass is 35.5. The fourth-order valence-electron chi connectivity index (χ4n) is 2.83. The quantitative estimate of drug-likeness (QED) is 0.797. The van der Waals surface area contributed by atoms with Crippen LogP contribution in [-0.2, 0) is 22.4 Å². The van der Waals surface area contributed by atoms with Gasteiger partial charge in [-0.25, -0.2) is 4.79 Å². The molecular weight excluding hydrogens is 362 g/mol. The molecule has 132 valence electrons. The molecule has 3 rings (SSSR count). The van der Waals surface area contributed by atoms with Crippen molar-refractivity contribution in [3.8, 4) is 5.75 Å². The summed E-state index contributed by atoms with van der Waals surface area (Å²) in [6.07, 6.45) is 2.80. The second-order valence-electron chi connectivity index (χ2n) is 5.80. The molecule has 2 aromatic rings. The van der Waals surface area contributed by atoms with Gasteiger partial charge in [-0.3, -0.25) is 4.79 Å². The van der Waals surface area contributed by atoms with Crippen LogP contribution in [-0.4, -0.2) is 25.6 Å². The first kappa shape index (κ1) is 17.8. The zero-order valence-corrected chi connectivity index (χ0v) is 15.6. The lowest BCUT2D eigenvalue weighted by atomic mass is 10.1. The van der Waals surface area contributed by atoms with Gasteiger partial charge in [-0.1, -0.05) is 11.6 Å². The largest absolute Gasteiger partial charge is 0.484 e. The summed E-state index contributed by atoms with van der Waals surface area (Å²) in [6.45, 7) is 1.72. The Kier molecular flexibility index (Phi) is 5.30. The predicted octanol–water partition coefficient (Wildman–Crippen LogP) is 4.00. The van der Waals surface area contributed by atoms with Crippen molar-refractivity contribution in [3.05, 3.63) is 44.8 Å². The summed E-state index contributed by atoms with van der Waals surface area (Å²) in [6, 6.07) is 5.21. The summed E-state index contributed by atoms with van der Waals surface area (Å²) < 4.78 is 10.4. The molecule has 5 nitrogen and oxygen atoms in total. The molecule has 0 saturated carbocycles. The maximum Gasteiger partial charge on any atom is 0.341 e. The average molecular weight is 380 g/mol. The number of hydrogen-bond donors (Lipinski definition) is 1. The molecule has 0 bridgehead atoms. The Morgan fingerprint density at radius 2 is 2.12 bits per heavy atom. The van der Waals surface area contributed by atoms with E-state index in [0.717, 1.165) is 35.3 Å². The number of carbonyl (C=O) groups is 2. The smallest absolute Gasteiger partial charge is 0.341 e. The highest BCUT2D eigenvalue weighted by Crippen LogP contribution is 2.39. The van der Waals surface area contributed by atoms with Crippen LogP contribution < -0.4 is 10.1 Å². The van der Waals surface area contributed by atoms with Crippen LogP contribution in [0, 0.1) is 6.92 Å². The number of fused-ring (bicyclic) bond motifs is 1. The molecule has 1 heterocycles. The van der Waals surface area contributed by atoms with Crippen molar-refractivity contribution in [2.75, 3.05) is 19.0 Å². The van der Waals surface area contributed by atoms with E-state index in [9.17, 15) is 9.59 Å². The number of benzene rings is 1. The lowest BCUT2D eigenvalue weighted by Gasteiger charge is -2.09. The zero-order valence-electron chi connectivity index (χ0n) is 14.0. The number of nitrogens with one attached hydrogen (secondary N) is 1. The molecule has 25 heavy (non-hydrogen) atoms. The molecule has 0 spiro atoms. The van der Waals surface area contributed by atoms with Crippen LogP contribution in [0.1, 0.15) is 32.8 Å². The van der Waals surface area contributed by atoms with E-state index < -0.39 is 5.97 Å². The standard InChI is InChI=1S/C18H18ClNO4S/c1-10-8-11(6-7-13(10)19)24-9-15(21)20-17-16(18(22)23-2)12-4-3-5-14(12)25-17/h6-8H,3-5,9H2,1-2H3,(H,20,21). The van der Waals surface area contributed by atoms with Crippen molar-refractivity contribution in [1.82, 2.24) is 0 Å². The van der Waals surface area contributed by atoms with E-state index >= 15 is 0 Å². The molecule has 0 aliphatic heterocycles. The van der Waals surface area contributed by atoms with E-state index in [0.29, 0.717) is 21.3 Å². The molecule has 0 unspecified atom stereocenters. The Labute approximate surface area is 154 Å². The van der Waals surface area contributed by atoms with Crippen LogP contribution in [0.3, 0.4) is 0 Å². The number of hydrogen-bond acceptors (Lipinski definition) is 5. The number of esters is 1. The van der Waals surface area contributed by atoms with E-state index in [2.05, 4.69) is 5.32 Å². The highest BCUT2D eigenvalue weighted by Gasteiger charge is 2.28. The Bertz CT molecular complexity index is 831. The molecule has 7 heteroatoms. The lowest BCUT2D eigenvalue weighted by molar-refractivity contribution is -0.118. The van der Waals surface area contributed by atoms with Crippen molar-refractivity contribution < 1.29 is 19.1 Å². The van der Waals surface area contributed by atoms with Gasteiger partial charge in [0.05, 0.1) is 12.7 Å². The van der Waals surface area contributed by atoms with Gasteiger partial charge in [0.1, 0.15) is 10.8 Å². The number of halogens is 1. The molecule has 0 atom stereocenters. The van der Waals surface area contributed by atoms with E-state index in [1.165, 1.54) is 18.4 Å². The molecule has 1 aromatic carbocycles. The Hall–Kier alpha value is -2.05. The van der Waals surface area contributed by atoms with E-state index in [1.54, 1.807) is 18.2 Å². The SMILES string of the molecule is COC(=O)c1c(NC(=O)COc2ccc(Cl)c(C)c2)sc2c1CCC2. The first-order valence-electron chi connectivity index (χ1n) is 7.91. The summed E-state index contributed by atoms with van der Waals surface area (Å²) in [5.74, 6) is -0.166. The van der Waals surface area contributed by atoms with Gasteiger partial charge < -0.3 is 14.8 Å². The fourth-order valence-corrected chi connectivity index (χ4v) is 4.24. The number of anilines is 1. The number of carbonyl (C=O) groups excluding carboxylic acids is 2. The predicted molar refractivity (Wildman–Crippen MR) is 98.0 cm³/mol. The van der Waals surface area contributed by atoms with Gasteiger partial charge >= 0.3 is 5.97 Å². The van der Waals surface area contributed by atoms with Crippen molar-refractivity contribution >= 4 is 39.8 Å². The van der Waals surface area contributed by atoms with Crippen molar-refractivity contribution in [2.45, 2.75) is 26.2 Å². The fraction of sp³-hybridized carbons (Fsp3) is 0.333. The molecule has 0 radical (unpaired) electrons. The van der Waals surface area contributed by atoms with Gasteiger partial charge in [0.25, 0.3) is 5.91 Å². The maximum atomic E-state index is 12.2. The van der Waals surface area contributed by atoms with Gasteiger partial charge in [-0.05, 0) is 55.5 Å². The Morgan fingerprint density at radius 1 is 1.32 bits per heavy atom. The number of aryl methyl sites for hydroxylation is 2. The number of ether oxygens (including phenoxy) is 2. The number of amides is 1. The average Bonchev–Trinajstić information content (AvgIpc) is 3.16. The molecule has 0 saturated heterocycles. The van der Waals surface area contributed by atoms with Crippen molar-refractivity contribution in [2.24, 2.45) is 0 Å². The number of methoxy groups -OCH3 is 1. The van der Waals surface area contributed by atoms with E-state index in [4.69, 9.17) is 21.1 Å². The van der Waals surface area contributed by atoms with Gasteiger partial charge in [0, 0.05) is 9.90 Å². The van der Waals surface area contributed by atoms with Crippen molar-refractivity contribution in [1.29, 1.82) is 0 Å². The summed E-state index contributed by atoms with van der Waals surface area (Å²) in [5.41, 5.74) is 2.36. The second-order valence-corrected chi connectivity index (χ2v) is 7.31. The first-order valence-corrected chi connectivity index (χ1v) is 9.10. The molecule has 1 aliphatic rings. The highest BCUT2D eigenvalue weighted by molar-refractivity contribution is 7.17. The van der Waals surface area contributed by atoms with E-state index in [1.807, 2.05) is 6.92 Å². The maximum absolute atomic E-state index is 12.2. The number of thiophene rings is 1. The molecular formula is C18H18ClNO4S. The molecule has 1 aliphatic carbocycles. The number of rotatable bonds is 5. The van der Waals surface area contributed by atoms with Crippen molar-refractivity contribution in [3.63, 3.8) is 0 Å². The van der Waals surface area contributed by atoms with Gasteiger partial charge in [0.15, 0.2) is 6.61 Å². The Morgan fingerprint density at radius 3 is 2.84 bits per heavy atom. The van der Waals surface area contributed by atoms with Gasteiger partial charge in [-0.2, -0.15) is 0 Å². The van der Waals surface area contributed by atoms with Crippen LogP contribution in [0.5, 0.6) is 5.75 Å². The zero-order chi connectivity index (χ0) is 18.0. The first-order chi connectivity index (χ1) is 12.0. The van der Waals surface area contributed by atoms with Gasteiger partial charge in [-0.15, -0.1) is 11.3 Å². The van der Waals surface area contributed by atoms with Crippen LogP contribution in [0.4, 0.5) is 5.00 Å². The topological polar surface area (TPSA) is 64.6 Å². The summed E-state index contributed by atoms with van der Waals surface area (Å²) in [4.78, 5) is 25.4. The van der Waals surface area contributed by atoms with Crippen LogP contribution in [0.2, 0.25) is 5.02 Å². The van der Waals surface area contributed by atoms with E-state index in [-0.39, 0.29) is 12.5 Å².